The number of likely N-dealkylation sites (N-methyl/N-ethyl adjacent to an activating group) is 1. The minimum atomic E-state index is 0.626. The van der Waals surface area contributed by atoms with Crippen LogP contribution in [-0.2, 0) is 6.54 Å². The second kappa shape index (κ2) is 7.91. The summed E-state index contributed by atoms with van der Waals surface area (Å²) in [6.45, 7) is 2.32. The van der Waals surface area contributed by atoms with Gasteiger partial charge in [0.2, 0.25) is 0 Å². The topological polar surface area (TPSA) is 21.7 Å². The van der Waals surface area contributed by atoms with Crippen molar-refractivity contribution >= 4 is 11.6 Å². The zero-order valence-electron chi connectivity index (χ0n) is 12.4. The molecule has 0 saturated heterocycles. The largest absolute Gasteiger partial charge is 0.497 e. The summed E-state index contributed by atoms with van der Waals surface area (Å²) in [7, 11) is 3.75. The Morgan fingerprint density at radius 2 is 1.81 bits per heavy atom. The second-order valence-electron chi connectivity index (χ2n) is 4.90. The van der Waals surface area contributed by atoms with E-state index in [2.05, 4.69) is 18.0 Å². The van der Waals surface area contributed by atoms with Gasteiger partial charge >= 0.3 is 0 Å². The van der Waals surface area contributed by atoms with Crippen LogP contribution in [0.15, 0.2) is 48.5 Å². The van der Waals surface area contributed by atoms with E-state index in [1.165, 1.54) is 5.56 Å². The monoisotopic (exact) mass is 305 g/mol. The summed E-state index contributed by atoms with van der Waals surface area (Å²) in [5.74, 6) is 1.69. The van der Waals surface area contributed by atoms with Crippen molar-refractivity contribution in [2.24, 2.45) is 0 Å². The Kier molecular flexibility index (Phi) is 5.90. The summed E-state index contributed by atoms with van der Waals surface area (Å²) in [6.07, 6.45) is 0. The molecule has 0 aliphatic heterocycles. The number of ether oxygens (including phenoxy) is 2. The highest BCUT2D eigenvalue weighted by atomic mass is 35.5. The van der Waals surface area contributed by atoms with Gasteiger partial charge < -0.3 is 9.47 Å². The SMILES string of the molecule is COc1cccc(CN(C)CCOc2cccc(Cl)c2)c1. The zero-order valence-corrected chi connectivity index (χ0v) is 13.1. The van der Waals surface area contributed by atoms with Crippen LogP contribution in [0.3, 0.4) is 0 Å². The van der Waals surface area contributed by atoms with Crippen molar-refractivity contribution in [2.75, 3.05) is 27.3 Å². The number of nitrogens with zero attached hydrogens (tertiary/aromatic N) is 1. The van der Waals surface area contributed by atoms with Crippen LogP contribution in [0, 0.1) is 0 Å². The lowest BCUT2D eigenvalue weighted by Crippen LogP contribution is -2.23. The summed E-state index contributed by atoms with van der Waals surface area (Å²) < 4.78 is 10.9. The van der Waals surface area contributed by atoms with E-state index in [0.717, 1.165) is 24.6 Å². The van der Waals surface area contributed by atoms with E-state index in [9.17, 15) is 0 Å². The lowest BCUT2D eigenvalue weighted by Gasteiger charge is -2.17. The van der Waals surface area contributed by atoms with Gasteiger partial charge in [0.15, 0.2) is 0 Å². The molecular formula is C17H20ClNO2. The molecule has 0 heterocycles. The minimum Gasteiger partial charge on any atom is -0.497 e. The van der Waals surface area contributed by atoms with E-state index in [1.807, 2.05) is 42.5 Å². The molecule has 2 rings (SSSR count). The van der Waals surface area contributed by atoms with E-state index in [1.54, 1.807) is 7.11 Å². The van der Waals surface area contributed by atoms with Crippen molar-refractivity contribution in [2.45, 2.75) is 6.54 Å². The Balaban J connectivity index is 1.78. The lowest BCUT2D eigenvalue weighted by molar-refractivity contribution is 0.232. The van der Waals surface area contributed by atoms with Crippen molar-refractivity contribution in [1.29, 1.82) is 0 Å². The molecule has 0 aromatic heterocycles. The molecule has 2 aromatic rings. The molecule has 0 fully saturated rings. The maximum absolute atomic E-state index is 5.92. The Morgan fingerprint density at radius 1 is 1.05 bits per heavy atom. The Hall–Kier alpha value is -1.71. The van der Waals surface area contributed by atoms with Crippen LogP contribution in [0.25, 0.3) is 0 Å². The van der Waals surface area contributed by atoms with E-state index < -0.39 is 0 Å². The lowest BCUT2D eigenvalue weighted by atomic mass is 10.2. The van der Waals surface area contributed by atoms with Gasteiger partial charge in [0.25, 0.3) is 0 Å². The predicted octanol–water partition coefficient (Wildman–Crippen LogP) is 3.86. The van der Waals surface area contributed by atoms with Gasteiger partial charge in [0.1, 0.15) is 18.1 Å². The van der Waals surface area contributed by atoms with Gasteiger partial charge in [-0.3, -0.25) is 4.90 Å². The van der Waals surface area contributed by atoms with Gasteiger partial charge in [-0.1, -0.05) is 29.8 Å². The summed E-state index contributed by atoms with van der Waals surface area (Å²) in [4.78, 5) is 2.21. The molecule has 0 amide bonds. The van der Waals surface area contributed by atoms with Crippen molar-refractivity contribution in [3.63, 3.8) is 0 Å². The fourth-order valence-corrected chi connectivity index (χ4v) is 2.22. The number of methoxy groups -OCH3 is 1. The third-order valence-electron chi connectivity index (χ3n) is 3.12. The molecule has 0 saturated carbocycles. The standard InChI is InChI=1S/C17H20ClNO2/c1-19(13-14-5-3-7-16(11-14)20-2)9-10-21-17-8-4-6-15(18)12-17/h3-8,11-12H,9-10,13H2,1-2H3. The third-order valence-corrected chi connectivity index (χ3v) is 3.36. The van der Waals surface area contributed by atoms with Crippen molar-refractivity contribution in [3.05, 3.63) is 59.1 Å². The second-order valence-corrected chi connectivity index (χ2v) is 5.33. The van der Waals surface area contributed by atoms with Crippen LogP contribution in [0.2, 0.25) is 5.02 Å². The number of rotatable bonds is 7. The van der Waals surface area contributed by atoms with Crippen LogP contribution in [-0.4, -0.2) is 32.2 Å². The summed E-state index contributed by atoms with van der Waals surface area (Å²) in [6, 6.07) is 15.6. The molecule has 0 atom stereocenters. The fourth-order valence-electron chi connectivity index (χ4n) is 2.04. The van der Waals surface area contributed by atoms with Gasteiger partial charge in [-0.15, -0.1) is 0 Å². The van der Waals surface area contributed by atoms with Gasteiger partial charge in [0.05, 0.1) is 7.11 Å². The highest BCUT2D eigenvalue weighted by Crippen LogP contribution is 2.17. The van der Waals surface area contributed by atoms with Crippen LogP contribution < -0.4 is 9.47 Å². The number of halogens is 1. The summed E-state index contributed by atoms with van der Waals surface area (Å²) in [5, 5.41) is 0.692. The van der Waals surface area contributed by atoms with Crippen molar-refractivity contribution in [1.82, 2.24) is 4.90 Å². The van der Waals surface area contributed by atoms with Gasteiger partial charge in [-0.05, 0) is 42.9 Å². The number of hydrogen-bond acceptors (Lipinski definition) is 3. The highest BCUT2D eigenvalue weighted by molar-refractivity contribution is 6.30. The summed E-state index contributed by atoms with van der Waals surface area (Å²) in [5.41, 5.74) is 1.22. The maximum atomic E-state index is 5.92. The zero-order chi connectivity index (χ0) is 15.1. The van der Waals surface area contributed by atoms with Gasteiger partial charge in [0, 0.05) is 18.1 Å². The molecule has 0 aliphatic carbocycles. The maximum Gasteiger partial charge on any atom is 0.120 e. The van der Waals surface area contributed by atoms with Crippen LogP contribution in [0.1, 0.15) is 5.56 Å². The van der Waals surface area contributed by atoms with E-state index >= 15 is 0 Å². The molecule has 21 heavy (non-hydrogen) atoms. The average molecular weight is 306 g/mol. The first kappa shape index (κ1) is 15.7. The van der Waals surface area contributed by atoms with Crippen LogP contribution >= 0.6 is 11.6 Å². The minimum absolute atomic E-state index is 0.626. The molecule has 0 bridgehead atoms. The first-order valence-corrected chi connectivity index (χ1v) is 7.25. The normalized spacial score (nSPS) is 10.7. The van der Waals surface area contributed by atoms with E-state index in [-0.39, 0.29) is 0 Å². The van der Waals surface area contributed by atoms with E-state index in [4.69, 9.17) is 21.1 Å². The van der Waals surface area contributed by atoms with Crippen molar-refractivity contribution < 1.29 is 9.47 Å². The molecular weight excluding hydrogens is 286 g/mol. The first-order chi connectivity index (χ1) is 10.2. The van der Waals surface area contributed by atoms with Crippen molar-refractivity contribution in [3.8, 4) is 11.5 Å². The van der Waals surface area contributed by atoms with Crippen LogP contribution in [0.5, 0.6) is 11.5 Å². The third kappa shape index (κ3) is 5.29. The Morgan fingerprint density at radius 3 is 2.57 bits per heavy atom. The molecule has 3 nitrogen and oxygen atoms in total. The smallest absolute Gasteiger partial charge is 0.120 e. The predicted molar refractivity (Wildman–Crippen MR) is 86.3 cm³/mol. The quantitative estimate of drug-likeness (QED) is 0.775. The molecule has 0 aliphatic rings. The van der Waals surface area contributed by atoms with Gasteiger partial charge in [-0.2, -0.15) is 0 Å². The summed E-state index contributed by atoms with van der Waals surface area (Å²) >= 11 is 5.92. The molecule has 0 spiro atoms. The fraction of sp³-hybridized carbons (Fsp3) is 0.294. The first-order valence-electron chi connectivity index (χ1n) is 6.87. The molecule has 4 heteroatoms. The molecule has 112 valence electrons. The van der Waals surface area contributed by atoms with Crippen LogP contribution in [0.4, 0.5) is 0 Å². The van der Waals surface area contributed by atoms with Gasteiger partial charge in [-0.25, -0.2) is 0 Å². The van der Waals surface area contributed by atoms with E-state index in [0.29, 0.717) is 11.6 Å². The molecule has 0 radical (unpaired) electrons. The molecule has 2 aromatic carbocycles. The Labute approximate surface area is 131 Å². The molecule has 0 N–H and O–H groups in total. The average Bonchev–Trinajstić information content (AvgIpc) is 2.47. The molecule has 0 unspecified atom stereocenters. The Bertz CT molecular complexity index is 574. The number of benzene rings is 2. The highest BCUT2D eigenvalue weighted by Gasteiger charge is 2.02. The number of hydrogen-bond donors (Lipinski definition) is 0.